The third-order valence-electron chi connectivity index (χ3n) is 4.88. The number of carbonyl (C=O) groups excluding carboxylic acids is 1. The highest BCUT2D eigenvalue weighted by Crippen LogP contribution is 2.29. The third-order valence-corrected chi connectivity index (χ3v) is 5.81. The monoisotopic (exact) mass is 423 g/mol. The van der Waals surface area contributed by atoms with E-state index in [1.165, 1.54) is 17.8 Å². The van der Waals surface area contributed by atoms with Gasteiger partial charge in [-0.1, -0.05) is 55.9 Å². The Hall–Kier alpha value is -3.18. The summed E-state index contributed by atoms with van der Waals surface area (Å²) in [5, 5.41) is 21.0. The third kappa shape index (κ3) is 4.52. The molecule has 3 aromatic rings. The first-order chi connectivity index (χ1) is 14.4. The number of benzene rings is 2. The van der Waals surface area contributed by atoms with Crippen molar-refractivity contribution in [3.8, 4) is 23.1 Å². The predicted molar refractivity (Wildman–Crippen MR) is 114 cm³/mol. The maximum Gasteiger partial charge on any atom is 0.231 e. The zero-order valence-electron chi connectivity index (χ0n) is 17.0. The minimum atomic E-state index is -0.955. The van der Waals surface area contributed by atoms with Crippen LogP contribution in [0.1, 0.15) is 20.8 Å². The molecule has 1 atom stereocenters. The highest BCUT2D eigenvalue weighted by Gasteiger charge is 2.30. The number of nitrogens with one attached hydrogen (secondary N) is 1. The van der Waals surface area contributed by atoms with E-state index in [2.05, 4.69) is 21.6 Å². The van der Waals surface area contributed by atoms with E-state index in [1.807, 2.05) is 44.2 Å². The van der Waals surface area contributed by atoms with Gasteiger partial charge in [0, 0.05) is 5.69 Å². The van der Waals surface area contributed by atoms with Crippen molar-refractivity contribution in [2.45, 2.75) is 31.5 Å². The summed E-state index contributed by atoms with van der Waals surface area (Å²) in [6, 6.07) is 17.9. The van der Waals surface area contributed by atoms with E-state index >= 15 is 0 Å². The zero-order chi connectivity index (χ0) is 21.7. The van der Waals surface area contributed by atoms with Gasteiger partial charge in [0.15, 0.2) is 11.0 Å². The summed E-state index contributed by atoms with van der Waals surface area (Å²) in [5.74, 6) is -0.332. The topological polar surface area (TPSA) is 83.6 Å². The number of rotatable bonds is 7. The number of thioether (sulfide) groups is 1. The minimum absolute atomic E-state index is 0.0444. The van der Waals surface area contributed by atoms with E-state index < -0.39 is 11.4 Å². The normalized spacial score (nSPS) is 12.9. The molecule has 8 heteroatoms. The maximum absolute atomic E-state index is 14.4. The molecule has 0 fully saturated rings. The fourth-order valence-electron chi connectivity index (χ4n) is 2.75. The summed E-state index contributed by atoms with van der Waals surface area (Å²) in [4.78, 5) is 12.5. The molecule has 0 aliphatic heterocycles. The van der Waals surface area contributed by atoms with Crippen LogP contribution in [0.3, 0.4) is 0 Å². The molecular formula is C22H22FN5OS. The summed E-state index contributed by atoms with van der Waals surface area (Å²) in [5.41, 5.74) is 0.123. The molecule has 0 saturated carbocycles. The number of amides is 1. The predicted octanol–water partition coefficient (Wildman–Crippen LogP) is 4.22. The fourth-order valence-corrected chi connectivity index (χ4v) is 3.50. The molecule has 0 aliphatic carbocycles. The van der Waals surface area contributed by atoms with E-state index in [9.17, 15) is 14.4 Å². The summed E-state index contributed by atoms with van der Waals surface area (Å²) >= 11 is 1.18. The standard InChI is InChI=1S/C22H22FN5OS/c1-15(2)22(3,14-24)25-19(29)13-30-21-27-26-20(17-11-7-8-12-18(17)23)28(21)16-9-5-4-6-10-16/h4-12,15H,13H2,1-3H3,(H,25,29)/t22-/m0/s1. The number of hydrogen-bond acceptors (Lipinski definition) is 5. The second-order valence-corrected chi connectivity index (χ2v) is 8.21. The SMILES string of the molecule is CC(C)[C@](C)(C#N)NC(=O)CSc1nnc(-c2ccccc2F)n1-c1ccccc1. The van der Waals surface area contributed by atoms with E-state index in [0.717, 1.165) is 5.69 Å². The van der Waals surface area contributed by atoms with Crippen molar-refractivity contribution < 1.29 is 9.18 Å². The number of aromatic nitrogens is 3. The smallest absolute Gasteiger partial charge is 0.231 e. The molecule has 0 aliphatic rings. The molecule has 2 aromatic carbocycles. The van der Waals surface area contributed by atoms with Gasteiger partial charge in [0.1, 0.15) is 11.4 Å². The molecule has 1 heterocycles. The van der Waals surface area contributed by atoms with Crippen LogP contribution in [0.5, 0.6) is 0 Å². The Labute approximate surface area is 179 Å². The van der Waals surface area contributed by atoms with Gasteiger partial charge in [0.2, 0.25) is 5.91 Å². The van der Waals surface area contributed by atoms with Crippen LogP contribution in [-0.4, -0.2) is 32.0 Å². The highest BCUT2D eigenvalue weighted by atomic mass is 32.2. The molecule has 0 saturated heterocycles. The summed E-state index contributed by atoms with van der Waals surface area (Å²) in [7, 11) is 0. The van der Waals surface area contributed by atoms with Gasteiger partial charge in [0.25, 0.3) is 0 Å². The Bertz CT molecular complexity index is 1080. The van der Waals surface area contributed by atoms with Crippen molar-refractivity contribution in [2.75, 3.05) is 5.75 Å². The van der Waals surface area contributed by atoms with Crippen molar-refractivity contribution in [2.24, 2.45) is 5.92 Å². The first-order valence-corrected chi connectivity index (χ1v) is 10.4. The van der Waals surface area contributed by atoms with Gasteiger partial charge in [-0.05, 0) is 37.1 Å². The van der Waals surface area contributed by atoms with Gasteiger partial charge in [-0.15, -0.1) is 10.2 Å². The average Bonchev–Trinajstić information content (AvgIpc) is 3.16. The second kappa shape index (κ2) is 9.09. The average molecular weight is 424 g/mol. The van der Waals surface area contributed by atoms with Crippen molar-refractivity contribution in [1.29, 1.82) is 5.26 Å². The molecule has 1 amide bonds. The van der Waals surface area contributed by atoms with Gasteiger partial charge in [-0.25, -0.2) is 4.39 Å². The number of hydrogen-bond donors (Lipinski definition) is 1. The van der Waals surface area contributed by atoms with Crippen LogP contribution in [0.2, 0.25) is 0 Å². The number of halogens is 1. The summed E-state index contributed by atoms with van der Waals surface area (Å²) in [6.07, 6.45) is 0. The van der Waals surface area contributed by atoms with Gasteiger partial charge < -0.3 is 5.32 Å². The van der Waals surface area contributed by atoms with Crippen molar-refractivity contribution in [1.82, 2.24) is 20.1 Å². The van der Waals surface area contributed by atoms with E-state index in [1.54, 1.807) is 29.7 Å². The largest absolute Gasteiger partial charge is 0.337 e. The molecule has 0 bridgehead atoms. The lowest BCUT2D eigenvalue weighted by Crippen LogP contribution is -2.49. The second-order valence-electron chi connectivity index (χ2n) is 7.26. The van der Waals surface area contributed by atoms with Crippen LogP contribution in [0.4, 0.5) is 4.39 Å². The fraction of sp³-hybridized carbons (Fsp3) is 0.273. The lowest BCUT2D eigenvalue weighted by atomic mass is 9.90. The van der Waals surface area contributed by atoms with E-state index in [-0.39, 0.29) is 17.6 Å². The van der Waals surface area contributed by atoms with E-state index in [0.29, 0.717) is 16.5 Å². The Morgan fingerprint density at radius 3 is 2.50 bits per heavy atom. The Kier molecular flexibility index (Phi) is 6.53. The van der Waals surface area contributed by atoms with Crippen molar-refractivity contribution >= 4 is 17.7 Å². The Balaban J connectivity index is 1.90. The molecule has 3 rings (SSSR count). The molecule has 6 nitrogen and oxygen atoms in total. The lowest BCUT2D eigenvalue weighted by Gasteiger charge is -2.27. The number of para-hydroxylation sites is 1. The molecule has 30 heavy (non-hydrogen) atoms. The molecule has 1 N–H and O–H groups in total. The number of nitrogens with zero attached hydrogens (tertiary/aromatic N) is 4. The highest BCUT2D eigenvalue weighted by molar-refractivity contribution is 7.99. The van der Waals surface area contributed by atoms with Crippen LogP contribution in [-0.2, 0) is 4.79 Å². The first kappa shape index (κ1) is 21.5. The minimum Gasteiger partial charge on any atom is -0.337 e. The van der Waals surface area contributed by atoms with Crippen LogP contribution in [0.15, 0.2) is 59.8 Å². The van der Waals surface area contributed by atoms with Crippen molar-refractivity contribution in [3.63, 3.8) is 0 Å². The maximum atomic E-state index is 14.4. The van der Waals surface area contributed by atoms with Gasteiger partial charge >= 0.3 is 0 Å². The van der Waals surface area contributed by atoms with Crippen LogP contribution >= 0.6 is 11.8 Å². The summed E-state index contributed by atoms with van der Waals surface area (Å²) < 4.78 is 16.1. The van der Waals surface area contributed by atoms with Crippen LogP contribution in [0, 0.1) is 23.1 Å². The molecule has 0 spiro atoms. The van der Waals surface area contributed by atoms with E-state index in [4.69, 9.17) is 0 Å². The molecular weight excluding hydrogens is 401 g/mol. The van der Waals surface area contributed by atoms with Gasteiger partial charge in [-0.3, -0.25) is 9.36 Å². The molecule has 0 radical (unpaired) electrons. The quantitative estimate of drug-likeness (QED) is 0.575. The number of carbonyl (C=O) groups is 1. The molecule has 0 unspecified atom stereocenters. The van der Waals surface area contributed by atoms with Gasteiger partial charge in [-0.2, -0.15) is 5.26 Å². The van der Waals surface area contributed by atoms with Gasteiger partial charge in [0.05, 0.1) is 17.4 Å². The Morgan fingerprint density at radius 2 is 1.87 bits per heavy atom. The molecule has 1 aromatic heterocycles. The van der Waals surface area contributed by atoms with Crippen LogP contribution < -0.4 is 5.32 Å². The molecule has 154 valence electrons. The van der Waals surface area contributed by atoms with Crippen LogP contribution in [0.25, 0.3) is 17.1 Å². The lowest BCUT2D eigenvalue weighted by molar-refractivity contribution is -0.120. The zero-order valence-corrected chi connectivity index (χ0v) is 17.8. The van der Waals surface area contributed by atoms with Crippen molar-refractivity contribution in [3.05, 3.63) is 60.4 Å². The number of nitriles is 1. The Morgan fingerprint density at radius 1 is 1.20 bits per heavy atom. The summed E-state index contributed by atoms with van der Waals surface area (Å²) in [6.45, 7) is 5.45. The first-order valence-electron chi connectivity index (χ1n) is 9.46.